The number of amides is 2. The number of halogens is 3. The number of benzene rings is 2. The van der Waals surface area contributed by atoms with Crippen molar-refractivity contribution in [2.75, 3.05) is 7.05 Å². The Morgan fingerprint density at radius 3 is 2.33 bits per heavy atom. The predicted molar refractivity (Wildman–Crippen MR) is 89.2 cm³/mol. The van der Waals surface area contributed by atoms with E-state index in [1.54, 1.807) is 24.3 Å². The van der Waals surface area contributed by atoms with Gasteiger partial charge in [-0.05, 0) is 35.4 Å². The lowest BCUT2D eigenvalue weighted by molar-refractivity contribution is -0.128. The smallest absolute Gasteiger partial charge is 0.246 e. The van der Waals surface area contributed by atoms with Crippen molar-refractivity contribution in [3.63, 3.8) is 0 Å². The van der Waals surface area contributed by atoms with Gasteiger partial charge in [0.05, 0.1) is 6.42 Å². The van der Waals surface area contributed by atoms with Gasteiger partial charge in [-0.25, -0.2) is 8.78 Å². The van der Waals surface area contributed by atoms with Gasteiger partial charge < -0.3 is 10.6 Å². The molecule has 2 rings (SSSR count). The molecule has 0 heterocycles. The van der Waals surface area contributed by atoms with Crippen LogP contribution in [0, 0.1) is 11.6 Å². The van der Waals surface area contributed by atoms with Crippen LogP contribution in [0.25, 0.3) is 0 Å². The zero-order valence-corrected chi connectivity index (χ0v) is 14.4. The van der Waals surface area contributed by atoms with Crippen LogP contribution in [0.15, 0.2) is 46.9 Å². The van der Waals surface area contributed by atoms with Crippen LogP contribution in [0.4, 0.5) is 8.78 Å². The zero-order chi connectivity index (χ0) is 17.7. The van der Waals surface area contributed by atoms with Gasteiger partial charge in [0.1, 0.15) is 6.04 Å². The lowest BCUT2D eigenvalue weighted by Crippen LogP contribution is -2.39. The molecule has 2 amide bonds. The molecule has 0 aromatic heterocycles. The SMILES string of the molecule is CNC(=O)C(NC(=O)Cc1ccc(Br)cc1)c1ccc(F)c(F)c1. The van der Waals surface area contributed by atoms with Gasteiger partial charge in [-0.1, -0.05) is 34.1 Å². The molecule has 0 fully saturated rings. The van der Waals surface area contributed by atoms with Crippen molar-refractivity contribution in [1.29, 1.82) is 0 Å². The van der Waals surface area contributed by atoms with Crippen LogP contribution in [-0.2, 0) is 16.0 Å². The number of carbonyl (C=O) groups is 2. The molecule has 2 aromatic carbocycles. The van der Waals surface area contributed by atoms with Crippen molar-refractivity contribution in [2.24, 2.45) is 0 Å². The van der Waals surface area contributed by atoms with Crippen LogP contribution < -0.4 is 10.6 Å². The molecule has 24 heavy (non-hydrogen) atoms. The summed E-state index contributed by atoms with van der Waals surface area (Å²) in [6.45, 7) is 0. The summed E-state index contributed by atoms with van der Waals surface area (Å²) in [7, 11) is 1.40. The van der Waals surface area contributed by atoms with Crippen molar-refractivity contribution >= 4 is 27.7 Å². The molecule has 1 atom stereocenters. The minimum Gasteiger partial charge on any atom is -0.357 e. The number of hydrogen-bond donors (Lipinski definition) is 2. The Labute approximate surface area is 146 Å². The maximum atomic E-state index is 13.4. The van der Waals surface area contributed by atoms with Gasteiger partial charge in [-0.15, -0.1) is 0 Å². The van der Waals surface area contributed by atoms with Crippen LogP contribution >= 0.6 is 15.9 Å². The minimum absolute atomic E-state index is 0.0600. The molecule has 0 saturated heterocycles. The maximum Gasteiger partial charge on any atom is 0.246 e. The number of nitrogens with one attached hydrogen (secondary N) is 2. The van der Waals surface area contributed by atoms with Crippen molar-refractivity contribution in [1.82, 2.24) is 10.6 Å². The lowest BCUT2D eigenvalue weighted by atomic mass is 10.0. The Morgan fingerprint density at radius 2 is 1.75 bits per heavy atom. The van der Waals surface area contributed by atoms with E-state index in [0.717, 1.165) is 22.2 Å². The number of rotatable bonds is 5. The number of hydrogen-bond acceptors (Lipinski definition) is 2. The summed E-state index contributed by atoms with van der Waals surface area (Å²) in [5.74, 6) is -3.03. The molecule has 0 saturated carbocycles. The summed E-state index contributed by atoms with van der Waals surface area (Å²) >= 11 is 3.30. The average Bonchev–Trinajstić information content (AvgIpc) is 2.56. The highest BCUT2D eigenvalue weighted by Gasteiger charge is 2.23. The fraction of sp³-hybridized carbons (Fsp3) is 0.176. The Kier molecular flexibility index (Phi) is 6.03. The van der Waals surface area contributed by atoms with Crippen molar-refractivity contribution in [2.45, 2.75) is 12.5 Å². The largest absolute Gasteiger partial charge is 0.357 e. The van der Waals surface area contributed by atoms with Crippen molar-refractivity contribution in [3.8, 4) is 0 Å². The van der Waals surface area contributed by atoms with Crippen LogP contribution in [0.1, 0.15) is 17.2 Å². The molecule has 0 spiro atoms. The topological polar surface area (TPSA) is 58.2 Å². The molecule has 2 N–H and O–H groups in total. The maximum absolute atomic E-state index is 13.4. The van der Waals surface area contributed by atoms with Gasteiger partial charge in [0.2, 0.25) is 11.8 Å². The average molecular weight is 397 g/mol. The van der Waals surface area contributed by atoms with E-state index in [-0.39, 0.29) is 12.0 Å². The zero-order valence-electron chi connectivity index (χ0n) is 12.8. The summed E-state index contributed by atoms with van der Waals surface area (Å²) in [5, 5.41) is 4.94. The quantitative estimate of drug-likeness (QED) is 0.816. The number of likely N-dealkylation sites (N-methyl/N-ethyl adjacent to an activating group) is 1. The molecule has 0 bridgehead atoms. The Hall–Kier alpha value is -2.28. The van der Waals surface area contributed by atoms with E-state index in [1.807, 2.05) is 0 Å². The van der Waals surface area contributed by atoms with Gasteiger partial charge in [0.25, 0.3) is 0 Å². The first-order valence-electron chi connectivity index (χ1n) is 7.11. The van der Waals surface area contributed by atoms with E-state index < -0.39 is 29.5 Å². The normalized spacial score (nSPS) is 11.7. The van der Waals surface area contributed by atoms with E-state index in [9.17, 15) is 18.4 Å². The standard InChI is InChI=1S/C17H15BrF2N2O2/c1-21-17(24)16(11-4-7-13(19)14(20)9-11)22-15(23)8-10-2-5-12(18)6-3-10/h2-7,9,16H,8H2,1H3,(H,21,24)(H,22,23). The third-order valence-corrected chi connectivity index (χ3v) is 3.90. The fourth-order valence-corrected chi connectivity index (χ4v) is 2.40. The summed E-state index contributed by atoms with van der Waals surface area (Å²) in [6.07, 6.45) is 0.0600. The second-order valence-electron chi connectivity index (χ2n) is 5.09. The van der Waals surface area contributed by atoms with E-state index in [4.69, 9.17) is 0 Å². The van der Waals surface area contributed by atoms with Crippen LogP contribution in [0.2, 0.25) is 0 Å². The van der Waals surface area contributed by atoms with E-state index >= 15 is 0 Å². The molecule has 0 radical (unpaired) electrons. The van der Waals surface area contributed by atoms with Crippen molar-refractivity contribution in [3.05, 3.63) is 69.7 Å². The Morgan fingerprint density at radius 1 is 1.08 bits per heavy atom. The third-order valence-electron chi connectivity index (χ3n) is 3.37. The fourth-order valence-electron chi connectivity index (χ4n) is 2.14. The summed E-state index contributed by atoms with van der Waals surface area (Å²) in [6, 6.07) is 9.12. The highest BCUT2D eigenvalue weighted by atomic mass is 79.9. The van der Waals surface area contributed by atoms with E-state index in [0.29, 0.717) is 0 Å². The van der Waals surface area contributed by atoms with Crippen molar-refractivity contribution < 1.29 is 18.4 Å². The molecular weight excluding hydrogens is 382 g/mol. The summed E-state index contributed by atoms with van der Waals surface area (Å²) in [5.41, 5.74) is 0.925. The summed E-state index contributed by atoms with van der Waals surface area (Å²) < 4.78 is 27.4. The molecule has 1 unspecified atom stereocenters. The molecule has 0 aliphatic carbocycles. The molecule has 0 aliphatic rings. The minimum atomic E-state index is -1.10. The first-order valence-corrected chi connectivity index (χ1v) is 7.90. The first-order chi connectivity index (χ1) is 11.4. The van der Waals surface area contributed by atoms with Gasteiger partial charge in [0, 0.05) is 11.5 Å². The molecular formula is C17H15BrF2N2O2. The molecule has 7 heteroatoms. The van der Waals surface area contributed by atoms with Crippen LogP contribution in [0.5, 0.6) is 0 Å². The highest BCUT2D eigenvalue weighted by molar-refractivity contribution is 9.10. The monoisotopic (exact) mass is 396 g/mol. The van der Waals surface area contributed by atoms with Crippen LogP contribution in [0.3, 0.4) is 0 Å². The second kappa shape index (κ2) is 8.01. The highest BCUT2D eigenvalue weighted by Crippen LogP contribution is 2.17. The first kappa shape index (κ1) is 18.1. The molecule has 4 nitrogen and oxygen atoms in total. The van der Waals surface area contributed by atoms with Gasteiger partial charge >= 0.3 is 0 Å². The van der Waals surface area contributed by atoms with Gasteiger partial charge in [-0.3, -0.25) is 9.59 Å². The number of carbonyl (C=O) groups excluding carboxylic acids is 2. The third kappa shape index (κ3) is 4.61. The Balaban J connectivity index is 2.16. The molecule has 126 valence electrons. The second-order valence-corrected chi connectivity index (χ2v) is 6.01. The lowest BCUT2D eigenvalue weighted by Gasteiger charge is -2.18. The molecule has 2 aromatic rings. The van der Waals surface area contributed by atoms with Crippen LogP contribution in [-0.4, -0.2) is 18.9 Å². The Bertz CT molecular complexity index is 751. The molecule has 0 aliphatic heterocycles. The van der Waals surface area contributed by atoms with E-state index in [2.05, 4.69) is 26.6 Å². The van der Waals surface area contributed by atoms with Gasteiger partial charge in [-0.2, -0.15) is 0 Å². The van der Waals surface area contributed by atoms with E-state index in [1.165, 1.54) is 13.1 Å². The predicted octanol–water partition coefficient (Wildman–Crippen LogP) is 2.87. The summed E-state index contributed by atoms with van der Waals surface area (Å²) in [4.78, 5) is 24.2. The van der Waals surface area contributed by atoms with Gasteiger partial charge in [0.15, 0.2) is 11.6 Å².